The third-order valence-electron chi connectivity index (χ3n) is 4.86. The van der Waals surface area contributed by atoms with Crippen molar-refractivity contribution in [2.45, 2.75) is 0 Å². The van der Waals surface area contributed by atoms with Crippen molar-refractivity contribution in [2.75, 3.05) is 11.6 Å². The second-order valence-corrected chi connectivity index (χ2v) is 7.02. The molecule has 0 N–H and O–H groups in total. The van der Waals surface area contributed by atoms with Gasteiger partial charge in [0, 0.05) is 22.9 Å². The fourth-order valence-corrected chi connectivity index (χ4v) is 3.76. The third-order valence-corrected chi connectivity index (χ3v) is 5.06. The molecule has 0 bridgehead atoms. The Morgan fingerprint density at radius 1 is 1.00 bits per heavy atom. The summed E-state index contributed by atoms with van der Waals surface area (Å²) in [6.07, 6.45) is 1.80. The van der Waals surface area contributed by atoms with Gasteiger partial charge in [0.25, 0.3) is 5.89 Å². The number of benzene rings is 2. The molecule has 0 unspecified atom stereocenters. The van der Waals surface area contributed by atoms with E-state index in [0.29, 0.717) is 29.7 Å². The van der Waals surface area contributed by atoms with Crippen LogP contribution in [-0.2, 0) is 0 Å². The molecule has 2 aliphatic heterocycles. The van der Waals surface area contributed by atoms with Crippen LogP contribution < -0.4 is 4.90 Å². The number of hydrogen-bond acceptors (Lipinski definition) is 7. The molecule has 0 aliphatic carbocycles. The summed E-state index contributed by atoms with van der Waals surface area (Å²) in [5, 5.41) is 12.7. The number of aromatic nitrogens is 5. The SMILES string of the molecule is Fc1ccc(-c2noc(-c3nnc4n3C3=CN(Cl)CN3c3ccccc3-4)n2)cc1. The van der Waals surface area contributed by atoms with Gasteiger partial charge in [0.1, 0.15) is 18.3 Å². The largest absolute Gasteiger partial charge is 0.330 e. The summed E-state index contributed by atoms with van der Waals surface area (Å²) in [6.45, 7) is 0.482. The van der Waals surface area contributed by atoms with Crippen LogP contribution in [-0.4, -0.2) is 36.0 Å². The molecule has 8 nitrogen and oxygen atoms in total. The fourth-order valence-electron chi connectivity index (χ4n) is 3.56. The van der Waals surface area contributed by atoms with Crippen LogP contribution in [0.2, 0.25) is 0 Å². The van der Waals surface area contributed by atoms with Gasteiger partial charge in [0.2, 0.25) is 11.6 Å². The summed E-state index contributed by atoms with van der Waals surface area (Å²) >= 11 is 6.26. The Hall–Kier alpha value is -3.72. The smallest absolute Gasteiger partial charge is 0.296 e. The first kappa shape index (κ1) is 16.3. The zero-order valence-corrected chi connectivity index (χ0v) is 15.5. The molecule has 0 saturated heterocycles. The molecular weight excluding hydrogens is 397 g/mol. The molecule has 2 aliphatic rings. The molecule has 6 rings (SSSR count). The third kappa shape index (κ3) is 2.37. The molecule has 0 fully saturated rings. The average molecular weight is 408 g/mol. The van der Waals surface area contributed by atoms with Crippen molar-refractivity contribution in [3.63, 3.8) is 0 Å². The number of hydrogen-bond donors (Lipinski definition) is 0. The molecule has 0 amide bonds. The predicted molar refractivity (Wildman–Crippen MR) is 103 cm³/mol. The highest BCUT2D eigenvalue weighted by atomic mass is 35.5. The van der Waals surface area contributed by atoms with Gasteiger partial charge in [0.15, 0.2) is 5.82 Å². The van der Waals surface area contributed by atoms with E-state index in [2.05, 4.69) is 25.2 Å². The highest BCUT2D eigenvalue weighted by Gasteiger charge is 2.36. The Bertz CT molecular complexity index is 1280. The molecule has 0 spiro atoms. The summed E-state index contributed by atoms with van der Waals surface area (Å²) < 4.78 is 22.0. The first-order valence-corrected chi connectivity index (χ1v) is 9.10. The zero-order valence-electron chi connectivity index (χ0n) is 14.7. The van der Waals surface area contributed by atoms with Crippen molar-refractivity contribution < 1.29 is 8.91 Å². The minimum atomic E-state index is -0.332. The van der Waals surface area contributed by atoms with E-state index < -0.39 is 0 Å². The number of nitrogens with zero attached hydrogens (tertiary/aromatic N) is 7. The van der Waals surface area contributed by atoms with Crippen molar-refractivity contribution in [1.29, 1.82) is 0 Å². The Balaban J connectivity index is 1.51. The second-order valence-electron chi connectivity index (χ2n) is 6.59. The molecule has 0 saturated carbocycles. The standard InChI is InChI=1S/C19H11ClFN7O/c20-26-9-15-27(10-26)14-4-2-1-3-13(14)17-23-24-18(28(15)17)19-22-16(25-29-19)11-5-7-12(21)8-6-11/h1-9H,10H2. The molecule has 10 heteroatoms. The topological polar surface area (TPSA) is 76.1 Å². The minimum Gasteiger partial charge on any atom is -0.330 e. The number of halogens is 2. The van der Waals surface area contributed by atoms with Crippen molar-refractivity contribution in [2.24, 2.45) is 0 Å². The van der Waals surface area contributed by atoms with E-state index in [4.69, 9.17) is 16.3 Å². The first-order chi connectivity index (χ1) is 14.2. The van der Waals surface area contributed by atoms with E-state index in [1.165, 1.54) is 12.1 Å². The van der Waals surface area contributed by atoms with Crippen LogP contribution in [0, 0.1) is 5.82 Å². The summed E-state index contributed by atoms with van der Waals surface area (Å²) in [5.41, 5.74) is 2.55. The van der Waals surface area contributed by atoms with Gasteiger partial charge in [-0.2, -0.15) is 4.98 Å². The second kappa shape index (κ2) is 5.89. The lowest BCUT2D eigenvalue weighted by molar-refractivity contribution is 0.428. The Kier molecular flexibility index (Phi) is 3.30. The summed E-state index contributed by atoms with van der Waals surface area (Å²) in [5.74, 6) is 2.06. The summed E-state index contributed by atoms with van der Waals surface area (Å²) in [7, 11) is 0. The van der Waals surface area contributed by atoms with Gasteiger partial charge >= 0.3 is 0 Å². The lowest BCUT2D eigenvalue weighted by Gasteiger charge is -2.29. The molecule has 0 radical (unpaired) electrons. The van der Waals surface area contributed by atoms with Crippen molar-refractivity contribution in [3.05, 3.63) is 60.5 Å². The molecular formula is C19H11ClFN7O. The molecule has 4 aromatic rings. The van der Waals surface area contributed by atoms with Crippen LogP contribution in [0.5, 0.6) is 0 Å². The van der Waals surface area contributed by atoms with Gasteiger partial charge in [-0.3, -0.25) is 8.99 Å². The highest BCUT2D eigenvalue weighted by molar-refractivity contribution is 6.15. The Labute approximate surface area is 168 Å². The maximum absolute atomic E-state index is 13.2. The van der Waals surface area contributed by atoms with Crippen LogP contribution in [0.15, 0.2) is 59.3 Å². The lowest BCUT2D eigenvalue weighted by atomic mass is 10.1. The van der Waals surface area contributed by atoms with E-state index in [1.54, 1.807) is 22.8 Å². The van der Waals surface area contributed by atoms with Gasteiger partial charge in [0.05, 0.1) is 11.9 Å². The maximum atomic E-state index is 13.2. The normalized spacial score (nSPS) is 14.5. The minimum absolute atomic E-state index is 0.205. The molecule has 0 atom stereocenters. The quantitative estimate of drug-likeness (QED) is 0.468. The number of anilines is 1. The maximum Gasteiger partial charge on any atom is 0.296 e. The van der Waals surface area contributed by atoms with Crippen LogP contribution >= 0.6 is 11.8 Å². The van der Waals surface area contributed by atoms with Crippen molar-refractivity contribution in [1.82, 2.24) is 29.3 Å². The van der Waals surface area contributed by atoms with Crippen molar-refractivity contribution >= 4 is 23.3 Å². The Morgan fingerprint density at radius 2 is 1.79 bits per heavy atom. The summed E-state index contributed by atoms with van der Waals surface area (Å²) in [4.78, 5) is 6.49. The zero-order chi connectivity index (χ0) is 19.5. The molecule has 142 valence electrons. The number of fused-ring (bicyclic) bond motifs is 6. The molecule has 2 aromatic carbocycles. The van der Waals surface area contributed by atoms with Gasteiger partial charge < -0.3 is 9.42 Å². The van der Waals surface area contributed by atoms with Crippen LogP contribution in [0.25, 0.3) is 40.3 Å². The van der Waals surface area contributed by atoms with E-state index in [9.17, 15) is 4.39 Å². The van der Waals surface area contributed by atoms with Gasteiger partial charge in [-0.05, 0) is 36.4 Å². The van der Waals surface area contributed by atoms with E-state index in [1.807, 2.05) is 28.8 Å². The van der Waals surface area contributed by atoms with E-state index >= 15 is 0 Å². The van der Waals surface area contributed by atoms with Crippen molar-refractivity contribution in [3.8, 4) is 34.5 Å². The predicted octanol–water partition coefficient (Wildman–Crippen LogP) is 3.80. The van der Waals surface area contributed by atoms with Crippen LogP contribution in [0.3, 0.4) is 0 Å². The molecule has 4 heterocycles. The van der Waals surface area contributed by atoms with Gasteiger partial charge in [-0.15, -0.1) is 10.2 Å². The van der Waals surface area contributed by atoms with Gasteiger partial charge in [-0.1, -0.05) is 17.3 Å². The van der Waals surface area contributed by atoms with E-state index in [-0.39, 0.29) is 11.7 Å². The van der Waals surface area contributed by atoms with Crippen LogP contribution in [0.4, 0.5) is 10.1 Å². The highest BCUT2D eigenvalue weighted by Crippen LogP contribution is 2.43. The van der Waals surface area contributed by atoms with Gasteiger partial charge in [-0.25, -0.2) is 4.39 Å². The number of rotatable bonds is 2. The summed E-state index contributed by atoms with van der Waals surface area (Å²) in [6, 6.07) is 13.8. The fraction of sp³-hybridized carbons (Fsp3) is 0.0526. The van der Waals surface area contributed by atoms with E-state index in [0.717, 1.165) is 17.1 Å². The first-order valence-electron chi connectivity index (χ1n) is 8.76. The van der Waals surface area contributed by atoms with Crippen LogP contribution in [0.1, 0.15) is 0 Å². The average Bonchev–Trinajstić information content (AvgIpc) is 3.45. The lowest BCUT2D eigenvalue weighted by Crippen LogP contribution is -2.28. The molecule has 2 aromatic heterocycles. The monoisotopic (exact) mass is 407 g/mol. The number of para-hydroxylation sites is 1. The molecule has 29 heavy (non-hydrogen) atoms. The Morgan fingerprint density at radius 3 is 2.66 bits per heavy atom.